The van der Waals surface area contributed by atoms with Crippen LogP contribution in [0.25, 0.3) is 10.2 Å². The van der Waals surface area contributed by atoms with Crippen LogP contribution in [-0.2, 0) is 0 Å². The summed E-state index contributed by atoms with van der Waals surface area (Å²) in [6.07, 6.45) is 2.50. The van der Waals surface area contributed by atoms with Crippen LogP contribution in [0.15, 0.2) is 35.6 Å². The summed E-state index contributed by atoms with van der Waals surface area (Å²) < 4.78 is 5.66. The van der Waals surface area contributed by atoms with Crippen molar-refractivity contribution in [1.82, 2.24) is 9.97 Å². The van der Waals surface area contributed by atoms with Crippen molar-refractivity contribution in [2.24, 2.45) is 0 Å². The molecule has 0 bridgehead atoms. The minimum absolute atomic E-state index is 0.261. The number of rotatable bonds is 7. The number of aromatic nitrogens is 2. The van der Waals surface area contributed by atoms with E-state index in [-0.39, 0.29) is 5.56 Å². The predicted molar refractivity (Wildman–Crippen MR) is 101 cm³/mol. The van der Waals surface area contributed by atoms with Gasteiger partial charge in [0.25, 0.3) is 0 Å². The Balaban J connectivity index is 1.51. The number of thioether (sulfide) groups is 1. The fourth-order valence-corrected chi connectivity index (χ4v) is 4.40. The monoisotopic (exact) mass is 374 g/mol. The normalized spacial score (nSPS) is 11.0. The molecule has 0 saturated heterocycles. The molecule has 3 aromatic rings. The van der Waals surface area contributed by atoms with Gasteiger partial charge in [-0.3, -0.25) is 0 Å². The van der Waals surface area contributed by atoms with Gasteiger partial charge in [-0.1, -0.05) is 0 Å². The first kappa shape index (κ1) is 17.7. The molecule has 0 aliphatic rings. The number of nitrogens with zero attached hydrogens (tertiary/aromatic N) is 2. The lowest BCUT2D eigenvalue weighted by atomic mass is 10.2. The molecule has 7 heteroatoms. The van der Waals surface area contributed by atoms with Crippen molar-refractivity contribution < 1.29 is 14.6 Å². The largest absolute Gasteiger partial charge is 0.494 e. The number of thiophene rings is 1. The first-order chi connectivity index (χ1) is 12.1. The third-order valence-corrected chi connectivity index (χ3v) is 6.02. The van der Waals surface area contributed by atoms with Crippen molar-refractivity contribution in [2.75, 3.05) is 12.4 Å². The van der Waals surface area contributed by atoms with Crippen LogP contribution in [-0.4, -0.2) is 33.4 Å². The standard InChI is InChI=1S/C18H18N2O3S2/c1-11-12(2)25-17-15(11)16(19-10-20-17)24-9-3-8-23-14-6-4-13(5-7-14)18(21)22/h4-7,10H,3,8-9H2,1-2H3,(H,21,22). The fourth-order valence-electron chi connectivity index (χ4n) is 2.37. The van der Waals surface area contributed by atoms with Crippen molar-refractivity contribution >= 4 is 39.3 Å². The average molecular weight is 374 g/mol. The number of carbonyl (C=O) groups is 1. The van der Waals surface area contributed by atoms with Crippen LogP contribution in [0.1, 0.15) is 27.2 Å². The Bertz CT molecular complexity index is 891. The molecule has 0 amide bonds. The Morgan fingerprint density at radius 3 is 2.72 bits per heavy atom. The van der Waals surface area contributed by atoms with Crippen molar-refractivity contribution in [3.8, 4) is 5.75 Å². The molecule has 0 fully saturated rings. The van der Waals surface area contributed by atoms with Gasteiger partial charge in [0.2, 0.25) is 0 Å². The van der Waals surface area contributed by atoms with E-state index in [4.69, 9.17) is 9.84 Å². The molecule has 1 aromatic carbocycles. The molecule has 0 atom stereocenters. The maximum absolute atomic E-state index is 10.8. The lowest BCUT2D eigenvalue weighted by Gasteiger charge is -2.07. The highest BCUT2D eigenvalue weighted by atomic mass is 32.2. The maximum Gasteiger partial charge on any atom is 0.335 e. The second kappa shape index (κ2) is 7.84. The summed E-state index contributed by atoms with van der Waals surface area (Å²) >= 11 is 3.42. The van der Waals surface area contributed by atoms with Gasteiger partial charge in [0.1, 0.15) is 21.9 Å². The summed E-state index contributed by atoms with van der Waals surface area (Å²) in [5, 5.41) is 11.1. The number of hydrogen-bond acceptors (Lipinski definition) is 6. The molecule has 130 valence electrons. The highest BCUT2D eigenvalue weighted by Gasteiger charge is 2.12. The third-order valence-electron chi connectivity index (χ3n) is 3.83. The summed E-state index contributed by atoms with van der Waals surface area (Å²) in [6.45, 7) is 4.81. The molecular weight excluding hydrogens is 356 g/mol. The molecule has 0 radical (unpaired) electrons. The number of aromatic carboxylic acids is 1. The Labute approximate surface area is 154 Å². The van der Waals surface area contributed by atoms with Gasteiger partial charge in [0.15, 0.2) is 0 Å². The van der Waals surface area contributed by atoms with Crippen molar-refractivity contribution in [1.29, 1.82) is 0 Å². The van der Waals surface area contributed by atoms with Crippen LogP contribution >= 0.6 is 23.1 Å². The van der Waals surface area contributed by atoms with Gasteiger partial charge in [-0.15, -0.1) is 23.1 Å². The van der Waals surface area contributed by atoms with Gasteiger partial charge >= 0.3 is 5.97 Å². The van der Waals surface area contributed by atoms with Crippen molar-refractivity contribution in [2.45, 2.75) is 25.3 Å². The molecule has 3 rings (SSSR count). The summed E-state index contributed by atoms with van der Waals surface area (Å²) in [5.74, 6) is 0.648. The Morgan fingerprint density at radius 1 is 1.24 bits per heavy atom. The van der Waals surface area contributed by atoms with E-state index < -0.39 is 5.97 Å². The molecular formula is C18H18N2O3S2. The summed E-state index contributed by atoms with van der Waals surface area (Å²) in [4.78, 5) is 21.9. The minimum Gasteiger partial charge on any atom is -0.494 e. The topological polar surface area (TPSA) is 72.3 Å². The number of hydrogen-bond donors (Lipinski definition) is 1. The van der Waals surface area contributed by atoms with E-state index >= 15 is 0 Å². The van der Waals surface area contributed by atoms with Gasteiger partial charge in [0, 0.05) is 16.0 Å². The fraction of sp³-hybridized carbons (Fsp3) is 0.278. The van der Waals surface area contributed by atoms with Crippen LogP contribution in [0.2, 0.25) is 0 Å². The van der Waals surface area contributed by atoms with Gasteiger partial charge in [-0.2, -0.15) is 0 Å². The predicted octanol–water partition coefficient (Wildman–Crippen LogP) is 4.57. The number of fused-ring (bicyclic) bond motifs is 1. The number of carboxylic acids is 1. The van der Waals surface area contributed by atoms with Crippen LogP contribution in [0.3, 0.4) is 0 Å². The van der Waals surface area contributed by atoms with E-state index in [9.17, 15) is 4.79 Å². The molecule has 1 N–H and O–H groups in total. The SMILES string of the molecule is Cc1sc2ncnc(SCCCOc3ccc(C(=O)O)cc3)c2c1C. The van der Waals surface area contributed by atoms with E-state index in [0.717, 1.165) is 22.0 Å². The first-order valence-corrected chi connectivity index (χ1v) is 9.66. The maximum atomic E-state index is 10.8. The zero-order valence-electron chi connectivity index (χ0n) is 14.0. The highest BCUT2D eigenvalue weighted by molar-refractivity contribution is 7.99. The van der Waals surface area contributed by atoms with E-state index in [1.807, 2.05) is 0 Å². The number of benzene rings is 1. The molecule has 0 unspecified atom stereocenters. The number of carboxylic acid groups (broad SMARTS) is 1. The van der Waals surface area contributed by atoms with Crippen LogP contribution in [0, 0.1) is 13.8 Å². The molecule has 0 saturated carbocycles. The molecule has 25 heavy (non-hydrogen) atoms. The van der Waals surface area contributed by atoms with Gasteiger partial charge in [-0.25, -0.2) is 14.8 Å². The Kier molecular flexibility index (Phi) is 5.55. The van der Waals surface area contributed by atoms with E-state index in [0.29, 0.717) is 12.4 Å². The highest BCUT2D eigenvalue weighted by Crippen LogP contribution is 2.34. The third kappa shape index (κ3) is 4.11. The zero-order chi connectivity index (χ0) is 17.8. The number of aryl methyl sites for hydroxylation is 2. The van der Waals surface area contributed by atoms with Crippen LogP contribution < -0.4 is 4.74 Å². The van der Waals surface area contributed by atoms with E-state index in [2.05, 4.69) is 23.8 Å². The van der Waals surface area contributed by atoms with Crippen molar-refractivity contribution in [3.63, 3.8) is 0 Å². The first-order valence-electron chi connectivity index (χ1n) is 7.86. The van der Waals surface area contributed by atoms with Crippen molar-refractivity contribution in [3.05, 3.63) is 46.6 Å². The lowest BCUT2D eigenvalue weighted by Crippen LogP contribution is -2.00. The quantitative estimate of drug-likeness (QED) is 0.371. The minimum atomic E-state index is -0.932. The van der Waals surface area contributed by atoms with E-state index in [1.165, 1.54) is 15.8 Å². The van der Waals surface area contributed by atoms with Crippen LogP contribution in [0.5, 0.6) is 5.75 Å². The molecule has 0 aliphatic heterocycles. The molecule has 2 heterocycles. The zero-order valence-corrected chi connectivity index (χ0v) is 15.6. The van der Waals surface area contributed by atoms with Crippen LogP contribution in [0.4, 0.5) is 0 Å². The Morgan fingerprint density at radius 2 is 2.00 bits per heavy atom. The van der Waals surface area contributed by atoms with Gasteiger partial charge in [-0.05, 0) is 50.1 Å². The molecule has 5 nitrogen and oxygen atoms in total. The van der Waals surface area contributed by atoms with E-state index in [1.54, 1.807) is 53.7 Å². The summed E-state index contributed by atoms with van der Waals surface area (Å²) in [5.41, 5.74) is 1.52. The average Bonchev–Trinajstić information content (AvgIpc) is 2.90. The second-order valence-corrected chi connectivity index (χ2v) is 7.81. The van der Waals surface area contributed by atoms with Gasteiger partial charge < -0.3 is 9.84 Å². The summed E-state index contributed by atoms with van der Waals surface area (Å²) in [7, 11) is 0. The lowest BCUT2D eigenvalue weighted by molar-refractivity contribution is 0.0697. The molecule has 2 aromatic heterocycles. The second-order valence-electron chi connectivity index (χ2n) is 5.52. The Hall–Kier alpha value is -2.12. The molecule has 0 aliphatic carbocycles. The summed E-state index contributed by atoms with van der Waals surface area (Å²) in [6, 6.07) is 6.46. The smallest absolute Gasteiger partial charge is 0.335 e. The molecule has 0 spiro atoms. The number of ether oxygens (including phenoxy) is 1. The van der Waals surface area contributed by atoms with Gasteiger partial charge in [0.05, 0.1) is 12.2 Å².